The van der Waals surface area contributed by atoms with Crippen molar-refractivity contribution in [1.29, 1.82) is 0 Å². The average molecular weight is 325 g/mol. The second-order valence-electron chi connectivity index (χ2n) is 5.45. The summed E-state index contributed by atoms with van der Waals surface area (Å²) in [7, 11) is 0. The summed E-state index contributed by atoms with van der Waals surface area (Å²) in [6, 6.07) is 6.21. The zero-order chi connectivity index (χ0) is 13.5. The van der Waals surface area contributed by atoms with Crippen molar-refractivity contribution in [3.05, 3.63) is 33.2 Å². The van der Waals surface area contributed by atoms with Gasteiger partial charge in [0.2, 0.25) is 0 Å². The van der Waals surface area contributed by atoms with Crippen molar-refractivity contribution in [3.63, 3.8) is 0 Å². The Kier molecular flexibility index (Phi) is 3.52. The summed E-state index contributed by atoms with van der Waals surface area (Å²) in [5.41, 5.74) is 9.32. The Morgan fingerprint density at radius 1 is 1.28 bits per heavy atom. The number of anilines is 1. The molecule has 0 amide bonds. The molecule has 0 bridgehead atoms. The molecule has 0 saturated carbocycles. The van der Waals surface area contributed by atoms with Gasteiger partial charge in [-0.2, -0.15) is 0 Å². The van der Waals surface area contributed by atoms with Gasteiger partial charge >= 0.3 is 0 Å². The molecule has 2 N–H and O–H groups in total. The van der Waals surface area contributed by atoms with Crippen LogP contribution in [0.3, 0.4) is 0 Å². The van der Waals surface area contributed by atoms with E-state index >= 15 is 0 Å². The quantitative estimate of drug-likeness (QED) is 0.821. The highest BCUT2D eigenvalue weighted by Crippen LogP contribution is 2.37. The molecule has 0 fully saturated rings. The SMILES string of the molecule is Cc1cc(-c2nc(C(C)(C)C)sc2N)ccc1Br. The number of nitrogens with two attached hydrogens (primary N) is 1. The van der Waals surface area contributed by atoms with E-state index in [-0.39, 0.29) is 5.41 Å². The maximum absolute atomic E-state index is 6.10. The van der Waals surface area contributed by atoms with Crippen LogP contribution in [0.2, 0.25) is 0 Å². The van der Waals surface area contributed by atoms with Crippen molar-refractivity contribution in [2.45, 2.75) is 33.1 Å². The highest BCUT2D eigenvalue weighted by molar-refractivity contribution is 9.10. The molecule has 0 aliphatic rings. The zero-order valence-electron chi connectivity index (χ0n) is 11.0. The highest BCUT2D eigenvalue weighted by Gasteiger charge is 2.21. The van der Waals surface area contributed by atoms with Crippen molar-refractivity contribution in [2.24, 2.45) is 0 Å². The molecule has 0 saturated heterocycles. The van der Waals surface area contributed by atoms with E-state index in [1.807, 2.05) is 6.07 Å². The summed E-state index contributed by atoms with van der Waals surface area (Å²) in [6.07, 6.45) is 0. The lowest BCUT2D eigenvalue weighted by Gasteiger charge is -2.13. The van der Waals surface area contributed by atoms with Gasteiger partial charge in [0.1, 0.15) is 15.7 Å². The Morgan fingerprint density at radius 3 is 2.44 bits per heavy atom. The van der Waals surface area contributed by atoms with Crippen LogP contribution >= 0.6 is 27.3 Å². The highest BCUT2D eigenvalue weighted by atomic mass is 79.9. The van der Waals surface area contributed by atoms with Gasteiger partial charge in [0.25, 0.3) is 0 Å². The molecule has 18 heavy (non-hydrogen) atoms. The van der Waals surface area contributed by atoms with Crippen LogP contribution in [-0.2, 0) is 5.41 Å². The van der Waals surface area contributed by atoms with Gasteiger partial charge < -0.3 is 5.73 Å². The lowest BCUT2D eigenvalue weighted by atomic mass is 9.98. The minimum Gasteiger partial charge on any atom is -0.389 e. The molecule has 2 aromatic rings. The van der Waals surface area contributed by atoms with Crippen molar-refractivity contribution in [2.75, 3.05) is 5.73 Å². The standard InChI is InChI=1S/C14H17BrN2S/c1-8-7-9(5-6-10(8)15)11-12(16)18-13(17-11)14(2,3)4/h5-7H,16H2,1-4H3. The van der Waals surface area contributed by atoms with Crippen LogP contribution in [0.4, 0.5) is 5.00 Å². The van der Waals surface area contributed by atoms with Gasteiger partial charge in [-0.15, -0.1) is 11.3 Å². The Morgan fingerprint density at radius 2 is 1.94 bits per heavy atom. The largest absolute Gasteiger partial charge is 0.389 e. The van der Waals surface area contributed by atoms with Gasteiger partial charge in [-0.3, -0.25) is 0 Å². The smallest absolute Gasteiger partial charge is 0.114 e. The van der Waals surface area contributed by atoms with Crippen molar-refractivity contribution >= 4 is 32.3 Å². The normalized spacial score (nSPS) is 11.8. The molecule has 0 aliphatic heterocycles. The molecular formula is C14H17BrN2S. The number of nitrogen functional groups attached to an aromatic ring is 1. The van der Waals surface area contributed by atoms with Gasteiger partial charge in [-0.25, -0.2) is 4.98 Å². The fourth-order valence-electron chi connectivity index (χ4n) is 1.65. The first-order chi connectivity index (χ1) is 8.29. The van der Waals surface area contributed by atoms with E-state index in [0.717, 1.165) is 25.7 Å². The Labute approximate surface area is 120 Å². The second kappa shape index (κ2) is 4.67. The van der Waals surface area contributed by atoms with Gasteiger partial charge in [0, 0.05) is 15.5 Å². The molecule has 0 radical (unpaired) electrons. The van der Waals surface area contributed by atoms with Crippen LogP contribution in [0.5, 0.6) is 0 Å². The molecule has 96 valence electrons. The van der Waals surface area contributed by atoms with E-state index in [9.17, 15) is 0 Å². The Balaban J connectivity index is 2.51. The molecule has 2 rings (SSSR count). The number of benzene rings is 1. The fraction of sp³-hybridized carbons (Fsp3) is 0.357. The van der Waals surface area contributed by atoms with Crippen molar-refractivity contribution in [3.8, 4) is 11.3 Å². The summed E-state index contributed by atoms with van der Waals surface area (Å²) in [5.74, 6) is 0. The molecule has 0 spiro atoms. The monoisotopic (exact) mass is 324 g/mol. The van der Waals surface area contributed by atoms with Crippen molar-refractivity contribution in [1.82, 2.24) is 4.98 Å². The lowest BCUT2D eigenvalue weighted by Crippen LogP contribution is -2.10. The number of aryl methyl sites for hydroxylation is 1. The van der Waals surface area contributed by atoms with Crippen molar-refractivity contribution < 1.29 is 0 Å². The Hall–Kier alpha value is -0.870. The Bertz CT molecular complexity index is 582. The predicted molar refractivity (Wildman–Crippen MR) is 83.1 cm³/mol. The maximum atomic E-state index is 6.10. The third-order valence-electron chi connectivity index (χ3n) is 2.73. The summed E-state index contributed by atoms with van der Waals surface area (Å²) < 4.78 is 1.11. The molecule has 4 heteroatoms. The molecule has 0 aliphatic carbocycles. The van der Waals surface area contributed by atoms with Crippen LogP contribution in [-0.4, -0.2) is 4.98 Å². The maximum Gasteiger partial charge on any atom is 0.114 e. The van der Waals surface area contributed by atoms with Crippen LogP contribution in [0, 0.1) is 6.92 Å². The summed E-state index contributed by atoms with van der Waals surface area (Å²) in [6.45, 7) is 8.53. The minimum absolute atomic E-state index is 0.0431. The zero-order valence-corrected chi connectivity index (χ0v) is 13.4. The van der Waals surface area contributed by atoms with E-state index in [0.29, 0.717) is 0 Å². The topological polar surface area (TPSA) is 38.9 Å². The van der Waals surface area contributed by atoms with Crippen LogP contribution < -0.4 is 5.73 Å². The third kappa shape index (κ3) is 2.59. The number of nitrogens with zero attached hydrogens (tertiary/aromatic N) is 1. The lowest BCUT2D eigenvalue weighted by molar-refractivity contribution is 0.586. The van der Waals surface area contributed by atoms with Gasteiger partial charge in [0.05, 0.1) is 0 Å². The second-order valence-corrected chi connectivity index (χ2v) is 7.33. The van der Waals surface area contributed by atoms with Gasteiger partial charge in [-0.1, -0.05) is 42.8 Å². The first kappa shape index (κ1) is 13.6. The molecular weight excluding hydrogens is 308 g/mol. The molecule has 1 heterocycles. The molecule has 1 aromatic heterocycles. The summed E-state index contributed by atoms with van der Waals surface area (Å²) >= 11 is 5.09. The molecule has 1 aromatic carbocycles. The first-order valence-corrected chi connectivity index (χ1v) is 7.43. The number of halogens is 1. The average Bonchev–Trinajstić information content (AvgIpc) is 2.64. The first-order valence-electron chi connectivity index (χ1n) is 5.82. The number of hydrogen-bond acceptors (Lipinski definition) is 3. The molecule has 0 atom stereocenters. The van der Waals surface area contributed by atoms with E-state index in [1.54, 1.807) is 11.3 Å². The number of aromatic nitrogens is 1. The number of rotatable bonds is 1. The fourth-order valence-corrected chi connectivity index (χ4v) is 2.81. The molecule has 0 unspecified atom stereocenters. The van der Waals surface area contributed by atoms with E-state index in [1.165, 1.54) is 5.56 Å². The van der Waals surface area contributed by atoms with E-state index < -0.39 is 0 Å². The number of hydrogen-bond donors (Lipinski definition) is 1. The van der Waals surface area contributed by atoms with E-state index in [2.05, 4.69) is 55.8 Å². The van der Waals surface area contributed by atoms with Crippen LogP contribution in [0.1, 0.15) is 31.3 Å². The summed E-state index contributed by atoms with van der Waals surface area (Å²) in [5, 5.41) is 1.87. The van der Waals surface area contributed by atoms with Crippen LogP contribution in [0.25, 0.3) is 11.3 Å². The minimum atomic E-state index is 0.0431. The van der Waals surface area contributed by atoms with Gasteiger partial charge in [-0.05, 0) is 24.6 Å². The number of thiazole rings is 1. The molecule has 2 nitrogen and oxygen atoms in total. The van der Waals surface area contributed by atoms with Gasteiger partial charge in [0.15, 0.2) is 0 Å². The third-order valence-corrected chi connectivity index (χ3v) is 4.93. The van der Waals surface area contributed by atoms with E-state index in [4.69, 9.17) is 10.7 Å². The summed E-state index contributed by atoms with van der Waals surface area (Å²) in [4.78, 5) is 4.70. The van der Waals surface area contributed by atoms with Crippen LogP contribution in [0.15, 0.2) is 22.7 Å². The predicted octanol–water partition coefficient (Wildman–Crippen LogP) is 4.76.